The van der Waals surface area contributed by atoms with E-state index in [1.165, 1.54) is 12.0 Å². The van der Waals surface area contributed by atoms with Gasteiger partial charge in [-0.1, -0.05) is 41.5 Å². The smallest absolute Gasteiger partial charge is 0.300 e. The highest BCUT2D eigenvalue weighted by Crippen LogP contribution is 2.44. The summed E-state index contributed by atoms with van der Waals surface area (Å²) in [4.78, 5) is 28.0. The lowest BCUT2D eigenvalue weighted by molar-refractivity contribution is -0.132. The van der Waals surface area contributed by atoms with E-state index in [2.05, 4.69) is 0 Å². The number of rotatable bonds is 5. The number of amides is 1. The number of ether oxygens (including phenoxy) is 2. The number of carbonyl (C=O) groups excluding carboxylic acids is 2. The largest absolute Gasteiger partial charge is 0.507 e. The second-order valence-corrected chi connectivity index (χ2v) is 7.98. The lowest BCUT2D eigenvalue weighted by atomic mass is 9.94. The number of aliphatic hydroxyl groups is 1. The molecule has 3 aromatic carbocycles. The van der Waals surface area contributed by atoms with Crippen LogP contribution in [0.2, 0.25) is 0 Å². The molecular weight excluding hydrogens is 418 g/mol. The molecule has 1 atom stereocenters. The van der Waals surface area contributed by atoms with Crippen LogP contribution in [0.15, 0.2) is 72.3 Å². The summed E-state index contributed by atoms with van der Waals surface area (Å²) in [5.41, 5.74) is 3.46. The Kier molecular flexibility index (Phi) is 5.92. The van der Waals surface area contributed by atoms with Crippen LogP contribution in [0, 0.1) is 13.8 Å². The number of ketones is 1. The highest BCUT2D eigenvalue weighted by Gasteiger charge is 2.47. The summed E-state index contributed by atoms with van der Waals surface area (Å²) in [5.74, 6) is -0.764. The Balaban J connectivity index is 1.99. The molecule has 0 saturated carbocycles. The standard InChI is InChI=1S/C27H25NO5/c1-16-8-11-19(12-9-16)28-24(18-6-5-7-20(15-18)32-3)23(26(30)27(28)31)25(29)21-14-17(2)10-13-22(21)33-4/h5-15,24,29H,1-4H3/b25-23+. The molecule has 1 N–H and O–H groups in total. The SMILES string of the molecule is COc1cccc(C2/C(=C(\O)c3cc(C)ccc3OC)C(=O)C(=O)N2c2ccc(C)cc2)c1. The minimum Gasteiger partial charge on any atom is -0.507 e. The van der Waals surface area contributed by atoms with Crippen molar-refractivity contribution in [1.29, 1.82) is 0 Å². The molecule has 33 heavy (non-hydrogen) atoms. The first kappa shape index (κ1) is 22.1. The van der Waals surface area contributed by atoms with Crippen molar-refractivity contribution >= 4 is 23.1 Å². The predicted molar refractivity (Wildman–Crippen MR) is 127 cm³/mol. The Morgan fingerprint density at radius 3 is 2.24 bits per heavy atom. The van der Waals surface area contributed by atoms with Gasteiger partial charge < -0.3 is 14.6 Å². The fourth-order valence-corrected chi connectivity index (χ4v) is 4.08. The topological polar surface area (TPSA) is 76.1 Å². The van der Waals surface area contributed by atoms with E-state index in [1.54, 1.807) is 55.6 Å². The van der Waals surface area contributed by atoms with E-state index in [9.17, 15) is 14.7 Å². The third-order valence-electron chi connectivity index (χ3n) is 5.78. The fourth-order valence-electron chi connectivity index (χ4n) is 4.08. The Morgan fingerprint density at radius 2 is 1.58 bits per heavy atom. The van der Waals surface area contributed by atoms with Crippen LogP contribution in [0.1, 0.15) is 28.3 Å². The Morgan fingerprint density at radius 1 is 0.879 bits per heavy atom. The molecule has 0 spiro atoms. The number of aliphatic hydroxyl groups excluding tert-OH is 1. The number of carbonyl (C=O) groups is 2. The van der Waals surface area contributed by atoms with E-state index in [1.807, 2.05) is 32.0 Å². The quantitative estimate of drug-likeness (QED) is 0.343. The summed E-state index contributed by atoms with van der Waals surface area (Å²) < 4.78 is 10.8. The van der Waals surface area contributed by atoms with Gasteiger partial charge in [0.1, 0.15) is 17.3 Å². The van der Waals surface area contributed by atoms with Gasteiger partial charge in [0, 0.05) is 5.69 Å². The fraction of sp³-hybridized carbons (Fsp3) is 0.185. The van der Waals surface area contributed by atoms with Crippen molar-refractivity contribution in [2.45, 2.75) is 19.9 Å². The van der Waals surface area contributed by atoms with Crippen molar-refractivity contribution in [1.82, 2.24) is 0 Å². The molecule has 1 aliphatic rings. The minimum atomic E-state index is -0.840. The van der Waals surface area contributed by atoms with E-state index in [0.717, 1.165) is 11.1 Å². The highest BCUT2D eigenvalue weighted by atomic mass is 16.5. The molecule has 1 heterocycles. The van der Waals surface area contributed by atoms with Crippen molar-refractivity contribution in [2.75, 3.05) is 19.1 Å². The summed E-state index contributed by atoms with van der Waals surface area (Å²) >= 11 is 0. The van der Waals surface area contributed by atoms with E-state index in [0.29, 0.717) is 28.3 Å². The maximum atomic E-state index is 13.3. The summed E-state index contributed by atoms with van der Waals surface area (Å²) in [6.07, 6.45) is 0. The van der Waals surface area contributed by atoms with Crippen molar-refractivity contribution < 1.29 is 24.2 Å². The zero-order valence-corrected chi connectivity index (χ0v) is 19.0. The molecule has 1 unspecified atom stereocenters. The van der Waals surface area contributed by atoms with Gasteiger partial charge in [-0.2, -0.15) is 0 Å². The molecule has 0 radical (unpaired) electrons. The number of hydrogen-bond acceptors (Lipinski definition) is 5. The first-order chi connectivity index (χ1) is 15.8. The van der Waals surface area contributed by atoms with Crippen LogP contribution in [0.5, 0.6) is 11.5 Å². The van der Waals surface area contributed by atoms with Crippen molar-refractivity contribution in [3.8, 4) is 11.5 Å². The normalized spacial score (nSPS) is 17.3. The maximum absolute atomic E-state index is 13.3. The molecule has 1 saturated heterocycles. The molecule has 0 aromatic heterocycles. The third kappa shape index (κ3) is 3.96. The molecule has 1 aliphatic heterocycles. The molecule has 6 nitrogen and oxygen atoms in total. The zero-order valence-electron chi connectivity index (χ0n) is 19.0. The van der Waals surface area contributed by atoms with Crippen LogP contribution < -0.4 is 14.4 Å². The summed E-state index contributed by atoms with van der Waals surface area (Å²) in [7, 11) is 3.04. The van der Waals surface area contributed by atoms with Gasteiger partial charge in [-0.15, -0.1) is 0 Å². The van der Waals surface area contributed by atoms with E-state index in [4.69, 9.17) is 9.47 Å². The van der Waals surface area contributed by atoms with Crippen LogP contribution in [0.4, 0.5) is 5.69 Å². The second-order valence-electron chi connectivity index (χ2n) is 7.98. The average Bonchev–Trinajstić information content (AvgIpc) is 3.09. The van der Waals surface area contributed by atoms with Crippen LogP contribution in [0.3, 0.4) is 0 Å². The van der Waals surface area contributed by atoms with Gasteiger partial charge in [-0.3, -0.25) is 14.5 Å². The van der Waals surface area contributed by atoms with Crippen molar-refractivity contribution in [3.05, 3.63) is 94.6 Å². The van der Waals surface area contributed by atoms with Crippen LogP contribution in [0.25, 0.3) is 5.76 Å². The molecule has 168 valence electrons. The van der Waals surface area contributed by atoms with Gasteiger partial charge in [0.15, 0.2) is 0 Å². The van der Waals surface area contributed by atoms with Crippen LogP contribution in [-0.4, -0.2) is 31.0 Å². The van der Waals surface area contributed by atoms with Gasteiger partial charge >= 0.3 is 0 Å². The molecule has 1 amide bonds. The lowest BCUT2D eigenvalue weighted by Crippen LogP contribution is -2.29. The van der Waals surface area contributed by atoms with Gasteiger partial charge in [0.2, 0.25) is 0 Å². The molecule has 6 heteroatoms. The number of anilines is 1. The number of nitrogens with zero attached hydrogens (tertiary/aromatic N) is 1. The third-order valence-corrected chi connectivity index (χ3v) is 5.78. The van der Waals surface area contributed by atoms with Crippen LogP contribution >= 0.6 is 0 Å². The van der Waals surface area contributed by atoms with E-state index < -0.39 is 17.7 Å². The predicted octanol–water partition coefficient (Wildman–Crippen LogP) is 4.95. The number of hydrogen-bond donors (Lipinski definition) is 1. The molecule has 0 aliphatic carbocycles. The maximum Gasteiger partial charge on any atom is 0.300 e. The van der Waals surface area contributed by atoms with E-state index >= 15 is 0 Å². The summed E-state index contributed by atoms with van der Waals surface area (Å²) in [6.45, 7) is 3.82. The Hall–Kier alpha value is -4.06. The first-order valence-corrected chi connectivity index (χ1v) is 10.5. The molecule has 1 fully saturated rings. The number of benzene rings is 3. The van der Waals surface area contributed by atoms with Crippen LogP contribution in [-0.2, 0) is 9.59 Å². The molecule has 0 bridgehead atoms. The van der Waals surface area contributed by atoms with E-state index in [-0.39, 0.29) is 11.3 Å². The van der Waals surface area contributed by atoms with Gasteiger partial charge in [0.05, 0.1) is 31.4 Å². The van der Waals surface area contributed by atoms with Crippen molar-refractivity contribution in [3.63, 3.8) is 0 Å². The number of methoxy groups -OCH3 is 2. The number of aryl methyl sites for hydroxylation is 2. The minimum absolute atomic E-state index is 0.00210. The Labute approximate surface area is 192 Å². The molecular formula is C27H25NO5. The van der Waals surface area contributed by atoms with Gasteiger partial charge in [-0.25, -0.2) is 0 Å². The number of Topliss-reactive ketones (excluding diaryl/α,β-unsaturated/α-hetero) is 1. The average molecular weight is 443 g/mol. The van der Waals surface area contributed by atoms with Crippen molar-refractivity contribution in [2.24, 2.45) is 0 Å². The van der Waals surface area contributed by atoms with Gasteiger partial charge in [0.25, 0.3) is 11.7 Å². The lowest BCUT2D eigenvalue weighted by Gasteiger charge is -2.26. The zero-order chi connectivity index (χ0) is 23.7. The summed E-state index contributed by atoms with van der Waals surface area (Å²) in [6, 6.07) is 18.9. The Bertz CT molecular complexity index is 1260. The molecule has 4 rings (SSSR count). The van der Waals surface area contributed by atoms with Gasteiger partial charge in [-0.05, 0) is 55.8 Å². The first-order valence-electron chi connectivity index (χ1n) is 10.5. The highest BCUT2D eigenvalue weighted by molar-refractivity contribution is 6.51. The molecule has 3 aromatic rings. The second kappa shape index (κ2) is 8.82. The monoisotopic (exact) mass is 443 g/mol. The summed E-state index contributed by atoms with van der Waals surface area (Å²) in [5, 5.41) is 11.4.